The van der Waals surface area contributed by atoms with Gasteiger partial charge in [0.1, 0.15) is 5.75 Å². The van der Waals surface area contributed by atoms with E-state index in [0.29, 0.717) is 25.9 Å². The fourth-order valence-corrected chi connectivity index (χ4v) is 4.44. The zero-order valence-corrected chi connectivity index (χ0v) is 16.0. The molecular weight excluding hydrogens is 354 g/mol. The third-order valence-corrected chi connectivity index (χ3v) is 6.29. The van der Waals surface area contributed by atoms with Gasteiger partial charge in [0.05, 0.1) is 12.5 Å². The molecule has 146 valence electrons. The molecule has 28 heavy (non-hydrogen) atoms. The van der Waals surface area contributed by atoms with Gasteiger partial charge in [0, 0.05) is 19.0 Å². The van der Waals surface area contributed by atoms with Crippen LogP contribution in [0.25, 0.3) is 0 Å². The number of carbonyl (C=O) groups excluding carboxylic acids is 1. The van der Waals surface area contributed by atoms with Crippen molar-refractivity contribution in [2.45, 2.75) is 30.6 Å². The monoisotopic (exact) mass is 379 g/mol. The van der Waals surface area contributed by atoms with Crippen LogP contribution in [0.15, 0.2) is 54.6 Å². The second-order valence-electron chi connectivity index (χ2n) is 7.80. The largest absolute Gasteiger partial charge is 0.497 e. The van der Waals surface area contributed by atoms with E-state index in [0.717, 1.165) is 23.3 Å². The summed E-state index contributed by atoms with van der Waals surface area (Å²) in [5, 5.41) is 9.91. The average molecular weight is 379 g/mol. The third kappa shape index (κ3) is 3.26. The van der Waals surface area contributed by atoms with E-state index >= 15 is 0 Å². The molecule has 2 aromatic carbocycles. The van der Waals surface area contributed by atoms with E-state index in [2.05, 4.69) is 0 Å². The summed E-state index contributed by atoms with van der Waals surface area (Å²) in [5.41, 5.74) is 1.07. The molecule has 0 radical (unpaired) electrons. The molecule has 4 rings (SSSR count). The summed E-state index contributed by atoms with van der Waals surface area (Å²) in [6.07, 6.45) is 1.76. The predicted molar refractivity (Wildman–Crippen MR) is 105 cm³/mol. The van der Waals surface area contributed by atoms with E-state index in [4.69, 9.17) is 4.74 Å². The number of rotatable bonds is 5. The van der Waals surface area contributed by atoms with Crippen molar-refractivity contribution >= 4 is 11.9 Å². The van der Waals surface area contributed by atoms with E-state index in [9.17, 15) is 14.7 Å². The maximum atomic E-state index is 13.0. The van der Waals surface area contributed by atoms with Crippen LogP contribution >= 0.6 is 0 Å². The lowest BCUT2D eigenvalue weighted by Crippen LogP contribution is -2.49. The number of ether oxygens (including phenoxy) is 1. The molecule has 1 aliphatic heterocycles. The summed E-state index contributed by atoms with van der Waals surface area (Å²) in [7, 11) is 1.64. The first-order valence-electron chi connectivity index (χ1n) is 9.77. The number of carboxylic acids is 1. The molecule has 0 aromatic heterocycles. The SMILES string of the molecule is COc1cccc(C2CC2C(=O)N2CCC(C(=O)O)(c3ccccc3)CC2)c1. The second-order valence-corrected chi connectivity index (χ2v) is 7.80. The van der Waals surface area contributed by atoms with Crippen LogP contribution in [0, 0.1) is 5.92 Å². The van der Waals surface area contributed by atoms with Crippen molar-refractivity contribution in [3.8, 4) is 5.75 Å². The zero-order chi connectivity index (χ0) is 19.7. The molecule has 1 heterocycles. The van der Waals surface area contributed by atoms with Crippen LogP contribution in [-0.4, -0.2) is 42.1 Å². The van der Waals surface area contributed by atoms with Gasteiger partial charge in [-0.25, -0.2) is 0 Å². The standard InChI is InChI=1S/C23H25NO4/c1-28-18-9-5-6-16(14-18)19-15-20(19)21(25)24-12-10-23(11-13-24,22(26)27)17-7-3-2-4-8-17/h2-9,14,19-20H,10-13,15H2,1H3,(H,26,27). The highest BCUT2D eigenvalue weighted by atomic mass is 16.5. The highest BCUT2D eigenvalue weighted by Crippen LogP contribution is 2.49. The number of amides is 1. The average Bonchev–Trinajstić information content (AvgIpc) is 3.55. The van der Waals surface area contributed by atoms with Crippen molar-refractivity contribution in [1.29, 1.82) is 0 Å². The number of carbonyl (C=O) groups is 2. The fraction of sp³-hybridized carbons (Fsp3) is 0.391. The smallest absolute Gasteiger partial charge is 0.314 e. The van der Waals surface area contributed by atoms with Crippen LogP contribution in [0.2, 0.25) is 0 Å². The number of benzene rings is 2. The minimum absolute atomic E-state index is 0.00107. The lowest BCUT2D eigenvalue weighted by atomic mass is 9.73. The van der Waals surface area contributed by atoms with Gasteiger partial charge in [0.2, 0.25) is 5.91 Å². The zero-order valence-electron chi connectivity index (χ0n) is 16.0. The van der Waals surface area contributed by atoms with Crippen molar-refractivity contribution < 1.29 is 19.4 Å². The molecule has 1 saturated carbocycles. The van der Waals surface area contributed by atoms with E-state index in [1.165, 1.54) is 0 Å². The fourth-order valence-electron chi connectivity index (χ4n) is 4.44. The van der Waals surface area contributed by atoms with Crippen LogP contribution in [0.4, 0.5) is 0 Å². The van der Waals surface area contributed by atoms with Gasteiger partial charge < -0.3 is 14.7 Å². The molecule has 5 nitrogen and oxygen atoms in total. The summed E-state index contributed by atoms with van der Waals surface area (Å²) in [6, 6.07) is 17.3. The van der Waals surface area contributed by atoms with Gasteiger partial charge in [-0.05, 0) is 48.4 Å². The molecule has 5 heteroatoms. The van der Waals surface area contributed by atoms with E-state index in [1.807, 2.05) is 59.5 Å². The van der Waals surface area contributed by atoms with Gasteiger partial charge in [0.25, 0.3) is 0 Å². The predicted octanol–water partition coefficient (Wildman–Crippen LogP) is 3.44. The number of hydrogen-bond donors (Lipinski definition) is 1. The molecule has 2 aromatic rings. The van der Waals surface area contributed by atoms with E-state index in [-0.39, 0.29) is 17.7 Å². The Hall–Kier alpha value is -2.82. The van der Waals surface area contributed by atoms with E-state index in [1.54, 1.807) is 7.11 Å². The highest BCUT2D eigenvalue weighted by molar-refractivity contribution is 5.85. The van der Waals surface area contributed by atoms with Crippen LogP contribution in [-0.2, 0) is 15.0 Å². The molecule has 2 unspecified atom stereocenters. The minimum Gasteiger partial charge on any atom is -0.497 e. The van der Waals surface area contributed by atoms with Crippen molar-refractivity contribution in [3.05, 3.63) is 65.7 Å². The number of carboxylic acid groups (broad SMARTS) is 1. The van der Waals surface area contributed by atoms with Gasteiger partial charge in [-0.3, -0.25) is 9.59 Å². The molecule has 0 spiro atoms. The maximum absolute atomic E-state index is 13.0. The Labute approximate surface area is 164 Å². The minimum atomic E-state index is -0.895. The van der Waals surface area contributed by atoms with Gasteiger partial charge in [0.15, 0.2) is 0 Å². The van der Waals surface area contributed by atoms with Crippen molar-refractivity contribution in [1.82, 2.24) is 4.90 Å². The molecule has 2 aliphatic rings. The van der Waals surface area contributed by atoms with Gasteiger partial charge in [-0.2, -0.15) is 0 Å². The van der Waals surface area contributed by atoms with E-state index < -0.39 is 11.4 Å². The number of nitrogens with zero attached hydrogens (tertiary/aromatic N) is 1. The molecule has 1 saturated heterocycles. The Balaban J connectivity index is 1.42. The number of hydrogen-bond acceptors (Lipinski definition) is 3. The van der Waals surface area contributed by atoms with Crippen LogP contribution in [0.3, 0.4) is 0 Å². The molecule has 2 fully saturated rings. The second kappa shape index (κ2) is 7.30. The molecule has 1 amide bonds. The van der Waals surface area contributed by atoms with Crippen LogP contribution in [0.1, 0.15) is 36.3 Å². The molecular formula is C23H25NO4. The molecule has 1 N–H and O–H groups in total. The quantitative estimate of drug-likeness (QED) is 0.864. The summed E-state index contributed by atoms with van der Waals surface area (Å²) in [6.45, 7) is 0.975. The molecule has 2 atom stereocenters. The summed E-state index contributed by atoms with van der Waals surface area (Å²) < 4.78 is 5.28. The Morgan fingerprint density at radius 2 is 1.79 bits per heavy atom. The van der Waals surface area contributed by atoms with Crippen molar-refractivity contribution in [2.24, 2.45) is 5.92 Å². The van der Waals surface area contributed by atoms with Crippen molar-refractivity contribution in [2.75, 3.05) is 20.2 Å². The number of aliphatic carboxylic acids is 1. The van der Waals surface area contributed by atoms with Crippen LogP contribution in [0.5, 0.6) is 5.75 Å². The Bertz CT molecular complexity index is 871. The normalized spacial score (nSPS) is 23.1. The Kier molecular flexibility index (Phi) is 4.84. The third-order valence-electron chi connectivity index (χ3n) is 6.29. The van der Waals surface area contributed by atoms with Gasteiger partial charge in [-0.1, -0.05) is 42.5 Å². The first-order valence-corrected chi connectivity index (χ1v) is 9.77. The molecule has 1 aliphatic carbocycles. The molecule has 0 bridgehead atoms. The summed E-state index contributed by atoms with van der Waals surface area (Å²) in [5.74, 6) is 0.401. The first kappa shape index (κ1) is 18.5. The number of piperidine rings is 1. The summed E-state index contributed by atoms with van der Waals surface area (Å²) in [4.78, 5) is 26.9. The number of methoxy groups -OCH3 is 1. The lowest BCUT2D eigenvalue weighted by Gasteiger charge is -2.39. The lowest BCUT2D eigenvalue weighted by molar-refractivity contribution is -0.148. The van der Waals surface area contributed by atoms with Gasteiger partial charge >= 0.3 is 5.97 Å². The van der Waals surface area contributed by atoms with Crippen LogP contribution < -0.4 is 4.74 Å². The Morgan fingerprint density at radius 1 is 1.07 bits per heavy atom. The first-order chi connectivity index (χ1) is 13.5. The maximum Gasteiger partial charge on any atom is 0.314 e. The Morgan fingerprint density at radius 3 is 2.43 bits per heavy atom. The van der Waals surface area contributed by atoms with Gasteiger partial charge in [-0.15, -0.1) is 0 Å². The number of likely N-dealkylation sites (tertiary alicyclic amines) is 1. The topological polar surface area (TPSA) is 66.8 Å². The van der Waals surface area contributed by atoms with Crippen molar-refractivity contribution in [3.63, 3.8) is 0 Å². The summed E-state index contributed by atoms with van der Waals surface area (Å²) >= 11 is 0. The highest BCUT2D eigenvalue weighted by Gasteiger charge is 2.49.